The monoisotopic (exact) mass is 266 g/mol. The lowest BCUT2D eigenvalue weighted by atomic mass is 9.97. The SMILES string of the molecule is Cc1ccc(CC(O)c2cccc(C3CC3)c2)cc1C. The first-order chi connectivity index (χ1) is 9.63. The van der Waals surface area contributed by atoms with Gasteiger partial charge < -0.3 is 5.11 Å². The maximum Gasteiger partial charge on any atom is 0.0830 e. The van der Waals surface area contributed by atoms with E-state index in [0.29, 0.717) is 6.42 Å². The first kappa shape index (κ1) is 13.4. The second-order valence-electron chi connectivity index (χ2n) is 6.08. The molecule has 1 aliphatic carbocycles. The van der Waals surface area contributed by atoms with Crippen LogP contribution < -0.4 is 0 Å². The zero-order valence-electron chi connectivity index (χ0n) is 12.3. The summed E-state index contributed by atoms with van der Waals surface area (Å²) in [7, 11) is 0. The third kappa shape index (κ3) is 2.94. The molecule has 2 aromatic rings. The molecule has 1 heteroatoms. The molecule has 1 nitrogen and oxygen atoms in total. The van der Waals surface area contributed by atoms with Gasteiger partial charge in [-0.2, -0.15) is 0 Å². The van der Waals surface area contributed by atoms with Gasteiger partial charge in [-0.25, -0.2) is 0 Å². The van der Waals surface area contributed by atoms with Crippen molar-refractivity contribution in [3.63, 3.8) is 0 Å². The van der Waals surface area contributed by atoms with Crippen LogP contribution in [0.5, 0.6) is 0 Å². The number of hydrogen-bond donors (Lipinski definition) is 1. The number of aryl methyl sites for hydroxylation is 2. The van der Waals surface area contributed by atoms with Crippen LogP contribution in [0.25, 0.3) is 0 Å². The molecular weight excluding hydrogens is 244 g/mol. The topological polar surface area (TPSA) is 20.2 Å². The van der Waals surface area contributed by atoms with Crippen LogP contribution >= 0.6 is 0 Å². The first-order valence-electron chi connectivity index (χ1n) is 7.47. The number of benzene rings is 2. The molecule has 0 aliphatic heterocycles. The van der Waals surface area contributed by atoms with Crippen molar-refractivity contribution in [2.75, 3.05) is 0 Å². The van der Waals surface area contributed by atoms with Gasteiger partial charge in [0.15, 0.2) is 0 Å². The molecule has 0 amide bonds. The molecule has 0 bridgehead atoms. The molecule has 0 heterocycles. The minimum absolute atomic E-state index is 0.407. The van der Waals surface area contributed by atoms with Gasteiger partial charge in [-0.3, -0.25) is 0 Å². The predicted octanol–water partition coefficient (Wildman–Crippen LogP) is 4.46. The van der Waals surface area contributed by atoms with Crippen LogP contribution in [0.3, 0.4) is 0 Å². The maximum atomic E-state index is 10.5. The van der Waals surface area contributed by atoms with Crippen LogP contribution in [-0.4, -0.2) is 5.11 Å². The summed E-state index contributed by atoms with van der Waals surface area (Å²) in [6, 6.07) is 14.9. The molecule has 1 saturated carbocycles. The summed E-state index contributed by atoms with van der Waals surface area (Å²) in [6.07, 6.45) is 2.89. The normalized spacial score (nSPS) is 16.1. The Bertz CT molecular complexity index is 611. The van der Waals surface area contributed by atoms with E-state index in [1.807, 2.05) is 6.07 Å². The van der Waals surface area contributed by atoms with Gasteiger partial charge in [0.05, 0.1) is 6.10 Å². The highest BCUT2D eigenvalue weighted by atomic mass is 16.3. The first-order valence-corrected chi connectivity index (χ1v) is 7.47. The molecule has 104 valence electrons. The Balaban J connectivity index is 1.76. The fourth-order valence-electron chi connectivity index (χ4n) is 2.71. The van der Waals surface area contributed by atoms with Crippen molar-refractivity contribution in [2.24, 2.45) is 0 Å². The average Bonchev–Trinajstić information content (AvgIpc) is 3.28. The summed E-state index contributed by atoms with van der Waals surface area (Å²) in [5.41, 5.74) is 6.24. The maximum absolute atomic E-state index is 10.5. The zero-order chi connectivity index (χ0) is 14.1. The van der Waals surface area contributed by atoms with Crippen molar-refractivity contribution in [2.45, 2.75) is 45.1 Å². The van der Waals surface area contributed by atoms with Gasteiger partial charge in [-0.15, -0.1) is 0 Å². The zero-order valence-corrected chi connectivity index (χ0v) is 12.3. The Morgan fingerprint density at radius 1 is 1.05 bits per heavy atom. The molecule has 1 unspecified atom stereocenters. The van der Waals surface area contributed by atoms with Crippen LogP contribution in [0.2, 0.25) is 0 Å². The van der Waals surface area contributed by atoms with Crippen molar-refractivity contribution < 1.29 is 5.11 Å². The highest BCUT2D eigenvalue weighted by Gasteiger charge is 2.24. The second kappa shape index (κ2) is 5.41. The second-order valence-corrected chi connectivity index (χ2v) is 6.08. The largest absolute Gasteiger partial charge is 0.388 e. The summed E-state index contributed by atoms with van der Waals surface area (Å²) in [6.45, 7) is 4.24. The number of hydrogen-bond acceptors (Lipinski definition) is 1. The highest BCUT2D eigenvalue weighted by Crippen LogP contribution is 2.40. The summed E-state index contributed by atoms with van der Waals surface area (Å²) in [4.78, 5) is 0. The Labute approximate surface area is 121 Å². The van der Waals surface area contributed by atoms with Gasteiger partial charge in [-0.05, 0) is 60.4 Å². The summed E-state index contributed by atoms with van der Waals surface area (Å²) in [5, 5.41) is 10.5. The lowest BCUT2D eigenvalue weighted by molar-refractivity contribution is 0.178. The van der Waals surface area contributed by atoms with Gasteiger partial charge >= 0.3 is 0 Å². The minimum atomic E-state index is -0.407. The van der Waals surface area contributed by atoms with E-state index in [4.69, 9.17) is 0 Å². The van der Waals surface area contributed by atoms with E-state index in [0.717, 1.165) is 11.5 Å². The van der Waals surface area contributed by atoms with Crippen LogP contribution in [0.4, 0.5) is 0 Å². The molecular formula is C19H22O. The number of rotatable bonds is 4. The minimum Gasteiger partial charge on any atom is -0.388 e. The molecule has 0 aromatic heterocycles. The number of aliphatic hydroxyl groups is 1. The van der Waals surface area contributed by atoms with Gasteiger partial charge in [0.2, 0.25) is 0 Å². The van der Waals surface area contributed by atoms with E-state index in [2.05, 4.69) is 50.2 Å². The van der Waals surface area contributed by atoms with Gasteiger partial charge in [-0.1, -0.05) is 42.5 Å². The van der Waals surface area contributed by atoms with E-state index in [-0.39, 0.29) is 0 Å². The quantitative estimate of drug-likeness (QED) is 0.866. The van der Waals surface area contributed by atoms with Crippen molar-refractivity contribution >= 4 is 0 Å². The Morgan fingerprint density at radius 2 is 1.85 bits per heavy atom. The van der Waals surface area contributed by atoms with E-state index in [9.17, 15) is 5.11 Å². The predicted molar refractivity (Wildman–Crippen MR) is 83.0 cm³/mol. The smallest absolute Gasteiger partial charge is 0.0830 e. The average molecular weight is 266 g/mol. The van der Waals surface area contributed by atoms with Gasteiger partial charge in [0, 0.05) is 6.42 Å². The molecule has 3 rings (SSSR count). The highest BCUT2D eigenvalue weighted by molar-refractivity contribution is 5.33. The van der Waals surface area contributed by atoms with Crippen molar-refractivity contribution in [1.82, 2.24) is 0 Å². The van der Waals surface area contributed by atoms with Gasteiger partial charge in [0.1, 0.15) is 0 Å². The third-order valence-corrected chi connectivity index (χ3v) is 4.34. The fraction of sp³-hybridized carbons (Fsp3) is 0.368. The van der Waals surface area contributed by atoms with E-state index >= 15 is 0 Å². The summed E-state index contributed by atoms with van der Waals surface area (Å²) in [5.74, 6) is 0.740. The summed E-state index contributed by atoms with van der Waals surface area (Å²) >= 11 is 0. The Morgan fingerprint density at radius 3 is 2.55 bits per heavy atom. The molecule has 0 saturated heterocycles. The molecule has 1 aliphatic rings. The van der Waals surface area contributed by atoms with Crippen molar-refractivity contribution in [3.05, 3.63) is 70.3 Å². The lowest BCUT2D eigenvalue weighted by Gasteiger charge is -2.13. The molecule has 0 radical (unpaired) electrons. The van der Waals surface area contributed by atoms with Crippen molar-refractivity contribution in [1.29, 1.82) is 0 Å². The Kier molecular flexibility index (Phi) is 3.62. The molecule has 1 fully saturated rings. The molecule has 2 aromatic carbocycles. The van der Waals surface area contributed by atoms with E-state index < -0.39 is 6.10 Å². The lowest BCUT2D eigenvalue weighted by Crippen LogP contribution is -2.03. The van der Waals surface area contributed by atoms with Crippen LogP contribution in [0.1, 0.15) is 52.7 Å². The Hall–Kier alpha value is -1.60. The van der Waals surface area contributed by atoms with Crippen LogP contribution in [-0.2, 0) is 6.42 Å². The molecule has 0 spiro atoms. The molecule has 1 N–H and O–H groups in total. The molecule has 20 heavy (non-hydrogen) atoms. The summed E-state index contributed by atoms with van der Waals surface area (Å²) < 4.78 is 0. The fourth-order valence-corrected chi connectivity index (χ4v) is 2.71. The van der Waals surface area contributed by atoms with Gasteiger partial charge in [0.25, 0.3) is 0 Å². The number of aliphatic hydroxyl groups excluding tert-OH is 1. The van der Waals surface area contributed by atoms with E-state index in [1.165, 1.54) is 35.1 Å². The van der Waals surface area contributed by atoms with Crippen LogP contribution in [0, 0.1) is 13.8 Å². The third-order valence-electron chi connectivity index (χ3n) is 4.34. The van der Waals surface area contributed by atoms with Crippen molar-refractivity contribution in [3.8, 4) is 0 Å². The van der Waals surface area contributed by atoms with E-state index in [1.54, 1.807) is 0 Å². The van der Waals surface area contributed by atoms with Crippen LogP contribution in [0.15, 0.2) is 42.5 Å². The molecule has 1 atom stereocenters. The standard InChI is InChI=1S/C19H22O/c1-13-6-7-15(10-14(13)2)11-19(20)18-5-3-4-17(12-18)16-8-9-16/h3-7,10,12,16,19-20H,8-9,11H2,1-2H3.